The van der Waals surface area contributed by atoms with E-state index >= 15 is 0 Å². The minimum Gasteiger partial charge on any atom is -0.340 e. The van der Waals surface area contributed by atoms with E-state index in [1.807, 2.05) is 23.1 Å². The molecule has 1 heterocycles. The SMILES string of the molecule is Cc1ccccc1CC(=O)N1CCNC(C)C1. The molecule has 1 amide bonds. The van der Waals surface area contributed by atoms with Crippen LogP contribution in [0.15, 0.2) is 24.3 Å². The van der Waals surface area contributed by atoms with E-state index in [1.165, 1.54) is 5.56 Å². The van der Waals surface area contributed by atoms with Gasteiger partial charge in [0.15, 0.2) is 0 Å². The molecule has 0 bridgehead atoms. The molecule has 92 valence electrons. The lowest BCUT2D eigenvalue weighted by Crippen LogP contribution is -2.51. The Morgan fingerprint density at radius 2 is 2.24 bits per heavy atom. The maximum Gasteiger partial charge on any atom is 0.227 e. The average Bonchev–Trinajstić information content (AvgIpc) is 2.32. The molecule has 1 aromatic carbocycles. The fraction of sp³-hybridized carbons (Fsp3) is 0.500. The summed E-state index contributed by atoms with van der Waals surface area (Å²) in [5.74, 6) is 0.243. The number of hydrogen-bond acceptors (Lipinski definition) is 2. The van der Waals surface area contributed by atoms with Crippen LogP contribution in [0.2, 0.25) is 0 Å². The smallest absolute Gasteiger partial charge is 0.227 e. The molecule has 1 saturated heterocycles. The van der Waals surface area contributed by atoms with Crippen LogP contribution < -0.4 is 5.32 Å². The molecular formula is C14H20N2O. The molecule has 0 spiro atoms. The number of benzene rings is 1. The van der Waals surface area contributed by atoms with Gasteiger partial charge in [0.1, 0.15) is 0 Å². The molecule has 1 aliphatic heterocycles. The molecule has 2 rings (SSSR count). The second kappa shape index (κ2) is 5.32. The third-order valence-corrected chi connectivity index (χ3v) is 3.32. The number of hydrogen-bond donors (Lipinski definition) is 1. The van der Waals surface area contributed by atoms with Gasteiger partial charge in [-0.15, -0.1) is 0 Å². The van der Waals surface area contributed by atoms with Gasteiger partial charge in [0.05, 0.1) is 6.42 Å². The molecule has 0 radical (unpaired) electrons. The third kappa shape index (κ3) is 3.07. The molecular weight excluding hydrogens is 212 g/mol. The van der Waals surface area contributed by atoms with E-state index in [0.717, 1.165) is 25.2 Å². The molecule has 3 heteroatoms. The molecule has 1 N–H and O–H groups in total. The lowest BCUT2D eigenvalue weighted by atomic mass is 10.0. The Bertz CT molecular complexity index is 403. The number of nitrogens with one attached hydrogen (secondary N) is 1. The summed E-state index contributed by atoms with van der Waals surface area (Å²) >= 11 is 0. The first kappa shape index (κ1) is 12.1. The normalized spacial score (nSPS) is 20.4. The highest BCUT2D eigenvalue weighted by Gasteiger charge is 2.20. The summed E-state index contributed by atoms with van der Waals surface area (Å²) in [7, 11) is 0. The van der Waals surface area contributed by atoms with E-state index in [0.29, 0.717) is 12.5 Å². The largest absolute Gasteiger partial charge is 0.340 e. The Kier molecular flexibility index (Phi) is 3.79. The van der Waals surface area contributed by atoms with Crippen LogP contribution in [0.5, 0.6) is 0 Å². The van der Waals surface area contributed by atoms with E-state index < -0.39 is 0 Å². The topological polar surface area (TPSA) is 32.3 Å². The molecule has 1 aliphatic rings. The Hall–Kier alpha value is -1.35. The van der Waals surface area contributed by atoms with Crippen LogP contribution in [0.3, 0.4) is 0 Å². The van der Waals surface area contributed by atoms with E-state index in [9.17, 15) is 4.79 Å². The molecule has 3 nitrogen and oxygen atoms in total. The first-order valence-corrected chi connectivity index (χ1v) is 6.22. The van der Waals surface area contributed by atoms with Crippen molar-refractivity contribution in [2.75, 3.05) is 19.6 Å². The predicted octanol–water partition coefficient (Wildman–Crippen LogP) is 1.36. The quantitative estimate of drug-likeness (QED) is 0.835. The van der Waals surface area contributed by atoms with Crippen molar-refractivity contribution in [1.82, 2.24) is 10.2 Å². The number of carbonyl (C=O) groups is 1. The Labute approximate surface area is 103 Å². The summed E-state index contributed by atoms with van der Waals surface area (Å²) in [6.07, 6.45) is 0.527. The van der Waals surface area contributed by atoms with Crippen LogP contribution in [0.1, 0.15) is 18.1 Å². The molecule has 0 aromatic heterocycles. The van der Waals surface area contributed by atoms with Crippen molar-refractivity contribution >= 4 is 5.91 Å². The van der Waals surface area contributed by atoms with Crippen molar-refractivity contribution in [3.8, 4) is 0 Å². The van der Waals surface area contributed by atoms with Gasteiger partial charge in [-0.3, -0.25) is 4.79 Å². The molecule has 17 heavy (non-hydrogen) atoms. The lowest BCUT2D eigenvalue weighted by molar-refractivity contribution is -0.131. The third-order valence-electron chi connectivity index (χ3n) is 3.32. The van der Waals surface area contributed by atoms with Crippen molar-refractivity contribution < 1.29 is 4.79 Å². The molecule has 1 fully saturated rings. The highest BCUT2D eigenvalue weighted by molar-refractivity contribution is 5.79. The van der Waals surface area contributed by atoms with Gasteiger partial charge < -0.3 is 10.2 Å². The van der Waals surface area contributed by atoms with Crippen molar-refractivity contribution in [2.45, 2.75) is 26.3 Å². The maximum atomic E-state index is 12.2. The fourth-order valence-electron chi connectivity index (χ4n) is 2.24. The van der Waals surface area contributed by atoms with Crippen LogP contribution in [-0.4, -0.2) is 36.5 Å². The molecule has 1 unspecified atom stereocenters. The van der Waals surface area contributed by atoms with Crippen molar-refractivity contribution in [2.24, 2.45) is 0 Å². The summed E-state index contributed by atoms with van der Waals surface area (Å²) in [6, 6.07) is 8.51. The van der Waals surface area contributed by atoms with Crippen LogP contribution in [-0.2, 0) is 11.2 Å². The summed E-state index contributed by atoms with van der Waals surface area (Å²) in [4.78, 5) is 14.1. The Balaban J connectivity index is 1.99. The number of amides is 1. The van der Waals surface area contributed by atoms with Gasteiger partial charge in [-0.2, -0.15) is 0 Å². The number of nitrogens with zero attached hydrogens (tertiary/aromatic N) is 1. The van der Waals surface area contributed by atoms with Gasteiger partial charge in [-0.25, -0.2) is 0 Å². The Morgan fingerprint density at radius 1 is 1.47 bits per heavy atom. The summed E-state index contributed by atoms with van der Waals surface area (Å²) in [6.45, 7) is 6.73. The van der Waals surface area contributed by atoms with E-state index in [2.05, 4.69) is 25.2 Å². The minimum absolute atomic E-state index is 0.243. The van der Waals surface area contributed by atoms with Crippen LogP contribution in [0, 0.1) is 6.92 Å². The molecule has 1 atom stereocenters. The van der Waals surface area contributed by atoms with E-state index in [1.54, 1.807) is 0 Å². The van der Waals surface area contributed by atoms with Crippen LogP contribution in [0.4, 0.5) is 0 Å². The zero-order valence-corrected chi connectivity index (χ0v) is 10.6. The zero-order chi connectivity index (χ0) is 12.3. The van der Waals surface area contributed by atoms with Gasteiger partial charge in [0.25, 0.3) is 0 Å². The second-order valence-electron chi connectivity index (χ2n) is 4.80. The van der Waals surface area contributed by atoms with Crippen molar-refractivity contribution in [3.63, 3.8) is 0 Å². The number of carbonyl (C=O) groups excluding carboxylic acids is 1. The number of rotatable bonds is 2. The predicted molar refractivity (Wildman–Crippen MR) is 68.9 cm³/mol. The summed E-state index contributed by atoms with van der Waals surface area (Å²) in [5, 5.41) is 3.35. The van der Waals surface area contributed by atoms with Crippen LogP contribution >= 0.6 is 0 Å². The molecule has 0 aliphatic carbocycles. The monoisotopic (exact) mass is 232 g/mol. The van der Waals surface area contributed by atoms with Gasteiger partial charge >= 0.3 is 0 Å². The average molecular weight is 232 g/mol. The lowest BCUT2D eigenvalue weighted by Gasteiger charge is -2.32. The van der Waals surface area contributed by atoms with Crippen molar-refractivity contribution in [3.05, 3.63) is 35.4 Å². The summed E-state index contributed by atoms with van der Waals surface area (Å²) < 4.78 is 0. The van der Waals surface area contributed by atoms with Gasteiger partial charge in [0.2, 0.25) is 5.91 Å². The second-order valence-corrected chi connectivity index (χ2v) is 4.80. The number of piperazine rings is 1. The first-order chi connectivity index (χ1) is 8.16. The van der Waals surface area contributed by atoms with Gasteiger partial charge in [-0.05, 0) is 25.0 Å². The Morgan fingerprint density at radius 3 is 2.94 bits per heavy atom. The van der Waals surface area contributed by atoms with Gasteiger partial charge in [0, 0.05) is 25.7 Å². The van der Waals surface area contributed by atoms with Crippen LogP contribution in [0.25, 0.3) is 0 Å². The van der Waals surface area contributed by atoms with E-state index in [4.69, 9.17) is 0 Å². The standard InChI is InChI=1S/C14H20N2O/c1-11-5-3-4-6-13(11)9-14(17)16-8-7-15-12(2)10-16/h3-6,12,15H,7-10H2,1-2H3. The maximum absolute atomic E-state index is 12.2. The minimum atomic E-state index is 0.243. The first-order valence-electron chi connectivity index (χ1n) is 6.22. The van der Waals surface area contributed by atoms with E-state index in [-0.39, 0.29) is 5.91 Å². The highest BCUT2D eigenvalue weighted by Crippen LogP contribution is 2.10. The highest BCUT2D eigenvalue weighted by atomic mass is 16.2. The molecule has 1 aromatic rings. The van der Waals surface area contributed by atoms with Crippen molar-refractivity contribution in [1.29, 1.82) is 0 Å². The summed E-state index contributed by atoms with van der Waals surface area (Å²) in [5.41, 5.74) is 2.34. The fourth-order valence-corrected chi connectivity index (χ4v) is 2.24. The van der Waals surface area contributed by atoms with Gasteiger partial charge in [-0.1, -0.05) is 24.3 Å². The zero-order valence-electron chi connectivity index (χ0n) is 10.6. The molecule has 0 saturated carbocycles. The number of aryl methyl sites for hydroxylation is 1.